The van der Waals surface area contributed by atoms with Crippen molar-refractivity contribution < 1.29 is 19.1 Å². The van der Waals surface area contributed by atoms with Crippen LogP contribution in [0.3, 0.4) is 0 Å². The number of anilines is 1. The molecule has 190 valence electrons. The first-order chi connectivity index (χ1) is 17.8. The number of methoxy groups -OCH3 is 1. The van der Waals surface area contributed by atoms with Crippen LogP contribution in [0.4, 0.5) is 11.4 Å². The summed E-state index contributed by atoms with van der Waals surface area (Å²) in [5, 5.41) is 2.86. The van der Waals surface area contributed by atoms with Crippen LogP contribution in [0.1, 0.15) is 37.8 Å². The van der Waals surface area contributed by atoms with Crippen LogP contribution in [-0.4, -0.2) is 79.6 Å². The number of fused-ring (bicyclic) bond motifs is 1. The van der Waals surface area contributed by atoms with Gasteiger partial charge in [-0.1, -0.05) is 12.1 Å². The Balaban J connectivity index is 1.67. The van der Waals surface area contributed by atoms with Gasteiger partial charge in [-0.05, 0) is 62.1 Å². The number of amides is 2. The van der Waals surface area contributed by atoms with Crippen molar-refractivity contribution in [1.29, 1.82) is 0 Å². The van der Waals surface area contributed by atoms with Crippen LogP contribution in [0.25, 0.3) is 0 Å². The fraction of sp³-hybridized carbons (Fsp3) is 0.250. The molecule has 1 aromatic heterocycles. The molecule has 0 bridgehead atoms. The van der Waals surface area contributed by atoms with Gasteiger partial charge in [0.05, 0.1) is 24.1 Å². The van der Waals surface area contributed by atoms with Gasteiger partial charge in [-0.15, -0.1) is 0 Å². The summed E-state index contributed by atoms with van der Waals surface area (Å²) < 4.78 is 4.80. The van der Waals surface area contributed by atoms with E-state index in [4.69, 9.17) is 9.73 Å². The minimum atomic E-state index is -0.704. The monoisotopic (exact) mass is 499 g/mol. The van der Waals surface area contributed by atoms with Gasteiger partial charge in [-0.25, -0.2) is 4.79 Å². The molecular weight excluding hydrogens is 470 g/mol. The lowest BCUT2D eigenvalue weighted by Crippen LogP contribution is -2.33. The number of esters is 1. The van der Waals surface area contributed by atoms with Gasteiger partial charge in [0.1, 0.15) is 5.92 Å². The molecule has 0 aliphatic carbocycles. The highest BCUT2D eigenvalue weighted by atomic mass is 16.5. The van der Waals surface area contributed by atoms with Gasteiger partial charge in [0, 0.05) is 49.3 Å². The third-order valence-electron chi connectivity index (χ3n) is 6.13. The number of benzene rings is 2. The summed E-state index contributed by atoms with van der Waals surface area (Å²) in [5.41, 5.74) is 3.94. The molecule has 0 saturated heterocycles. The fourth-order valence-electron chi connectivity index (χ4n) is 4.08. The summed E-state index contributed by atoms with van der Waals surface area (Å²) in [4.78, 5) is 50.6. The first-order valence-corrected chi connectivity index (χ1v) is 11.8. The van der Waals surface area contributed by atoms with Crippen LogP contribution < -0.4 is 5.32 Å². The third-order valence-corrected chi connectivity index (χ3v) is 6.13. The molecule has 3 aromatic rings. The maximum atomic E-state index is 13.1. The zero-order valence-corrected chi connectivity index (χ0v) is 21.3. The summed E-state index contributed by atoms with van der Waals surface area (Å²) in [5.74, 6) is -1.52. The van der Waals surface area contributed by atoms with Crippen LogP contribution in [0.15, 0.2) is 72.0 Å². The zero-order valence-electron chi connectivity index (χ0n) is 21.3. The lowest BCUT2D eigenvalue weighted by atomic mass is 9.91. The smallest absolute Gasteiger partial charge is 0.337 e. The number of ether oxygens (including phenoxy) is 1. The van der Waals surface area contributed by atoms with Crippen LogP contribution in [-0.2, 0) is 9.53 Å². The van der Waals surface area contributed by atoms with Crippen molar-refractivity contribution >= 4 is 34.9 Å². The Morgan fingerprint density at radius 2 is 1.73 bits per heavy atom. The average Bonchev–Trinajstić information content (AvgIpc) is 3.24. The molecule has 1 unspecified atom stereocenters. The molecule has 0 radical (unpaired) electrons. The van der Waals surface area contributed by atoms with Crippen molar-refractivity contribution in [2.75, 3.05) is 46.7 Å². The third kappa shape index (κ3) is 5.73. The topological polar surface area (TPSA) is 104 Å². The minimum Gasteiger partial charge on any atom is -0.465 e. The van der Waals surface area contributed by atoms with Crippen molar-refractivity contribution in [3.63, 3.8) is 0 Å². The van der Waals surface area contributed by atoms with E-state index in [9.17, 15) is 14.4 Å². The maximum absolute atomic E-state index is 13.1. The van der Waals surface area contributed by atoms with E-state index in [-0.39, 0.29) is 11.8 Å². The second-order valence-electron chi connectivity index (χ2n) is 9.03. The molecule has 1 aliphatic rings. The summed E-state index contributed by atoms with van der Waals surface area (Å²) in [6, 6.07) is 15.6. The Hall–Kier alpha value is -4.37. The normalized spacial score (nSPS) is 14.8. The molecule has 0 fully saturated rings. The van der Waals surface area contributed by atoms with E-state index in [0.29, 0.717) is 45.9 Å². The van der Waals surface area contributed by atoms with Gasteiger partial charge in [-0.2, -0.15) is 0 Å². The van der Waals surface area contributed by atoms with Crippen molar-refractivity contribution in [2.24, 2.45) is 4.99 Å². The standard InChI is InChI=1S/C28H29N5O4/c1-32(2)14-15-33(3)27(35)18-7-10-21(11-8-18)30-25(20-6-5-13-29-17-20)24-22-12-9-19(28(36)37-4)16-23(22)31-26(24)34/h5-13,16-17,24H,14-15H2,1-4H3,(H,31,34). The van der Waals surface area contributed by atoms with E-state index in [1.165, 1.54) is 7.11 Å². The van der Waals surface area contributed by atoms with Gasteiger partial charge in [0.15, 0.2) is 0 Å². The van der Waals surface area contributed by atoms with E-state index < -0.39 is 11.9 Å². The van der Waals surface area contributed by atoms with Crippen LogP contribution >= 0.6 is 0 Å². The lowest BCUT2D eigenvalue weighted by Gasteiger charge is -2.19. The number of aliphatic imine (C=N–C) groups is 1. The average molecular weight is 500 g/mol. The molecule has 1 N–H and O–H groups in total. The molecule has 37 heavy (non-hydrogen) atoms. The van der Waals surface area contributed by atoms with Gasteiger partial charge >= 0.3 is 5.97 Å². The molecule has 0 spiro atoms. The molecule has 2 aromatic carbocycles. The molecule has 2 amide bonds. The first-order valence-electron chi connectivity index (χ1n) is 11.8. The molecular formula is C28H29N5O4. The maximum Gasteiger partial charge on any atom is 0.337 e. The molecule has 9 nitrogen and oxygen atoms in total. The van der Waals surface area contributed by atoms with Gasteiger partial charge in [-0.3, -0.25) is 19.6 Å². The summed E-state index contributed by atoms with van der Waals surface area (Å²) in [6.45, 7) is 1.38. The number of carbonyl (C=O) groups excluding carboxylic acids is 3. The van der Waals surface area contributed by atoms with E-state index in [1.54, 1.807) is 72.9 Å². The fourth-order valence-corrected chi connectivity index (χ4v) is 4.08. The number of pyridine rings is 1. The van der Waals surface area contributed by atoms with E-state index in [0.717, 1.165) is 6.54 Å². The number of carbonyl (C=O) groups is 3. The Morgan fingerprint density at radius 3 is 2.38 bits per heavy atom. The number of aromatic nitrogens is 1. The van der Waals surface area contributed by atoms with Gasteiger partial charge in [0.25, 0.3) is 5.91 Å². The second kappa shape index (κ2) is 11.1. The number of hydrogen-bond donors (Lipinski definition) is 1. The first kappa shape index (κ1) is 25.7. The summed E-state index contributed by atoms with van der Waals surface area (Å²) in [7, 11) is 7.02. The molecule has 1 atom stereocenters. The van der Waals surface area contributed by atoms with Crippen molar-refractivity contribution in [3.8, 4) is 0 Å². The highest BCUT2D eigenvalue weighted by Crippen LogP contribution is 2.37. The Bertz CT molecular complexity index is 1340. The summed E-state index contributed by atoms with van der Waals surface area (Å²) in [6.07, 6.45) is 3.31. The van der Waals surface area contributed by atoms with Gasteiger partial charge < -0.3 is 19.9 Å². The number of hydrogen-bond acceptors (Lipinski definition) is 7. The summed E-state index contributed by atoms with van der Waals surface area (Å²) >= 11 is 0. The number of nitrogens with zero attached hydrogens (tertiary/aromatic N) is 4. The molecule has 2 heterocycles. The van der Waals surface area contributed by atoms with Crippen molar-refractivity contribution in [3.05, 3.63) is 89.2 Å². The minimum absolute atomic E-state index is 0.0737. The van der Waals surface area contributed by atoms with Gasteiger partial charge in [0.2, 0.25) is 5.91 Å². The predicted molar refractivity (Wildman–Crippen MR) is 142 cm³/mol. The highest BCUT2D eigenvalue weighted by Gasteiger charge is 2.36. The lowest BCUT2D eigenvalue weighted by molar-refractivity contribution is -0.115. The molecule has 1 aliphatic heterocycles. The number of nitrogens with one attached hydrogen (secondary N) is 1. The predicted octanol–water partition coefficient (Wildman–Crippen LogP) is 3.36. The second-order valence-corrected chi connectivity index (χ2v) is 9.03. The quantitative estimate of drug-likeness (QED) is 0.377. The van der Waals surface area contributed by atoms with Crippen LogP contribution in [0.5, 0.6) is 0 Å². The molecule has 4 rings (SSSR count). The Morgan fingerprint density at radius 1 is 1.00 bits per heavy atom. The SMILES string of the molecule is COC(=O)c1ccc2c(c1)NC(=O)C2C(=Nc1ccc(C(=O)N(C)CCN(C)C)cc1)c1cccnc1. The largest absolute Gasteiger partial charge is 0.465 e. The number of likely N-dealkylation sites (N-methyl/N-ethyl adjacent to an activating group) is 2. The van der Waals surface area contributed by atoms with E-state index >= 15 is 0 Å². The molecule has 0 saturated carbocycles. The Labute approximate surface area is 215 Å². The Kier molecular flexibility index (Phi) is 7.74. The zero-order chi connectivity index (χ0) is 26.5. The number of rotatable bonds is 8. The van der Waals surface area contributed by atoms with E-state index in [1.807, 2.05) is 25.1 Å². The van der Waals surface area contributed by atoms with Crippen LogP contribution in [0.2, 0.25) is 0 Å². The molecule has 9 heteroatoms. The van der Waals surface area contributed by atoms with Crippen molar-refractivity contribution in [2.45, 2.75) is 5.92 Å². The highest BCUT2D eigenvalue weighted by molar-refractivity contribution is 6.24. The van der Waals surface area contributed by atoms with E-state index in [2.05, 4.69) is 10.3 Å². The van der Waals surface area contributed by atoms with Crippen molar-refractivity contribution in [1.82, 2.24) is 14.8 Å². The van der Waals surface area contributed by atoms with Crippen LogP contribution in [0, 0.1) is 0 Å².